The molecule has 0 saturated heterocycles. The Morgan fingerprint density at radius 1 is 1.21 bits per heavy atom. The van der Waals surface area contributed by atoms with Crippen molar-refractivity contribution in [2.24, 2.45) is 0 Å². The molecule has 0 aliphatic carbocycles. The fraction of sp³-hybridized carbons (Fsp3) is 0.231. The third kappa shape index (κ3) is 2.67. The smallest absolute Gasteiger partial charge is 0.343 e. The largest absolute Gasteiger partial charge is 0.465 e. The Balaban J connectivity index is 2.47. The summed E-state index contributed by atoms with van der Waals surface area (Å²) in [7, 11) is 1.28. The highest BCUT2D eigenvalue weighted by atomic mass is 16.5. The number of anilines is 1. The lowest BCUT2D eigenvalue weighted by molar-refractivity contribution is 0.0601. The predicted molar refractivity (Wildman–Crippen MR) is 70.5 cm³/mol. The first-order chi connectivity index (χ1) is 9.01. The number of rotatable bonds is 2. The summed E-state index contributed by atoms with van der Waals surface area (Å²) in [6.07, 6.45) is 1.37. The summed E-state index contributed by atoms with van der Waals surface area (Å²) in [6, 6.07) is 3.72. The zero-order chi connectivity index (χ0) is 14.0. The van der Waals surface area contributed by atoms with E-state index in [9.17, 15) is 4.79 Å². The third-order valence-electron chi connectivity index (χ3n) is 2.56. The van der Waals surface area contributed by atoms with Crippen LogP contribution in [0.15, 0.2) is 18.3 Å². The molecular weight excluding hydrogens is 244 g/mol. The van der Waals surface area contributed by atoms with E-state index in [0.717, 1.165) is 17.0 Å². The number of nitrogen functional groups attached to an aromatic ring is 1. The molecule has 0 amide bonds. The van der Waals surface area contributed by atoms with Crippen molar-refractivity contribution in [1.82, 2.24) is 15.0 Å². The average molecular weight is 258 g/mol. The molecule has 0 bridgehead atoms. The van der Waals surface area contributed by atoms with Gasteiger partial charge in [-0.15, -0.1) is 0 Å². The van der Waals surface area contributed by atoms with Crippen LogP contribution in [-0.4, -0.2) is 28.0 Å². The molecule has 0 atom stereocenters. The number of hydrogen-bond acceptors (Lipinski definition) is 6. The molecule has 2 aromatic rings. The molecule has 0 aliphatic heterocycles. The zero-order valence-corrected chi connectivity index (χ0v) is 11.0. The number of hydrogen-bond donors (Lipinski definition) is 1. The van der Waals surface area contributed by atoms with Crippen LogP contribution in [0.5, 0.6) is 0 Å². The van der Waals surface area contributed by atoms with Crippen molar-refractivity contribution in [1.29, 1.82) is 0 Å². The van der Waals surface area contributed by atoms with Crippen molar-refractivity contribution in [3.8, 4) is 11.4 Å². The van der Waals surface area contributed by atoms with E-state index in [4.69, 9.17) is 5.73 Å². The van der Waals surface area contributed by atoms with Gasteiger partial charge in [0, 0.05) is 23.1 Å². The Morgan fingerprint density at radius 2 is 1.84 bits per heavy atom. The lowest BCUT2D eigenvalue weighted by atomic mass is 10.2. The molecule has 0 radical (unpaired) electrons. The van der Waals surface area contributed by atoms with Crippen LogP contribution in [0.2, 0.25) is 0 Å². The highest BCUT2D eigenvalue weighted by Gasteiger charge is 2.13. The fourth-order valence-corrected chi connectivity index (χ4v) is 1.76. The van der Waals surface area contributed by atoms with Gasteiger partial charge >= 0.3 is 5.97 Å². The van der Waals surface area contributed by atoms with Crippen molar-refractivity contribution >= 4 is 11.8 Å². The maximum atomic E-state index is 11.4. The molecule has 6 heteroatoms. The molecule has 2 aromatic heterocycles. The molecule has 0 fully saturated rings. The predicted octanol–water partition coefficient (Wildman–Crippen LogP) is 1.52. The molecule has 0 aliphatic rings. The Bertz CT molecular complexity index is 620. The van der Waals surface area contributed by atoms with Crippen molar-refractivity contribution < 1.29 is 9.53 Å². The summed E-state index contributed by atoms with van der Waals surface area (Å²) in [6.45, 7) is 3.78. The van der Waals surface area contributed by atoms with E-state index in [1.54, 1.807) is 0 Å². The molecule has 2 rings (SSSR count). The second kappa shape index (κ2) is 5.01. The van der Waals surface area contributed by atoms with Crippen molar-refractivity contribution in [2.75, 3.05) is 12.8 Å². The maximum absolute atomic E-state index is 11.4. The summed E-state index contributed by atoms with van der Waals surface area (Å²) >= 11 is 0. The molecule has 98 valence electrons. The summed E-state index contributed by atoms with van der Waals surface area (Å²) in [5.74, 6) is 0.00820. The van der Waals surface area contributed by atoms with E-state index in [-0.39, 0.29) is 11.4 Å². The summed E-state index contributed by atoms with van der Waals surface area (Å²) in [4.78, 5) is 24.0. The molecule has 0 saturated carbocycles. The van der Waals surface area contributed by atoms with Gasteiger partial charge in [0.25, 0.3) is 0 Å². The Labute approximate surface area is 110 Å². The molecule has 2 N–H and O–H groups in total. The van der Waals surface area contributed by atoms with Crippen molar-refractivity contribution in [3.05, 3.63) is 35.3 Å². The van der Waals surface area contributed by atoms with E-state index in [1.807, 2.05) is 26.0 Å². The Kier molecular flexibility index (Phi) is 3.41. The first-order valence-corrected chi connectivity index (χ1v) is 5.67. The Morgan fingerprint density at radius 3 is 2.37 bits per heavy atom. The minimum absolute atomic E-state index is 0.101. The van der Waals surface area contributed by atoms with Gasteiger partial charge in [-0.25, -0.2) is 14.8 Å². The molecule has 2 heterocycles. The summed E-state index contributed by atoms with van der Waals surface area (Å²) in [5, 5.41) is 0. The van der Waals surface area contributed by atoms with Gasteiger partial charge in [-0.3, -0.25) is 4.98 Å². The van der Waals surface area contributed by atoms with Gasteiger partial charge < -0.3 is 10.5 Å². The Hall–Kier alpha value is -2.50. The lowest BCUT2D eigenvalue weighted by Crippen LogP contribution is -2.09. The van der Waals surface area contributed by atoms with Gasteiger partial charge in [-0.05, 0) is 26.0 Å². The van der Waals surface area contributed by atoms with Crippen molar-refractivity contribution in [3.63, 3.8) is 0 Å². The normalized spacial score (nSPS) is 10.3. The standard InChI is InChI=1S/C13H14N4O2/c1-7-4-9(5-8(2)16-7)12-15-6-10(11(14)17-12)13(18)19-3/h4-6H,1-3H3,(H2,14,15,17). The van der Waals surface area contributed by atoms with Gasteiger partial charge in [0.2, 0.25) is 0 Å². The number of esters is 1. The van der Waals surface area contributed by atoms with E-state index in [1.165, 1.54) is 13.3 Å². The molecule has 0 spiro atoms. The number of aryl methyl sites for hydroxylation is 2. The van der Waals surface area contributed by atoms with Crippen LogP contribution in [0.25, 0.3) is 11.4 Å². The molecule has 0 aromatic carbocycles. The van der Waals surface area contributed by atoms with Crippen LogP contribution in [0, 0.1) is 13.8 Å². The summed E-state index contributed by atoms with van der Waals surface area (Å²) in [5.41, 5.74) is 8.46. The summed E-state index contributed by atoms with van der Waals surface area (Å²) < 4.78 is 4.59. The minimum Gasteiger partial charge on any atom is -0.465 e. The number of pyridine rings is 1. The molecule has 0 unspecified atom stereocenters. The first kappa shape index (κ1) is 12.9. The third-order valence-corrected chi connectivity index (χ3v) is 2.56. The van der Waals surface area contributed by atoms with Gasteiger partial charge in [-0.1, -0.05) is 0 Å². The maximum Gasteiger partial charge on any atom is 0.343 e. The van der Waals surface area contributed by atoms with Crippen LogP contribution in [0.3, 0.4) is 0 Å². The monoisotopic (exact) mass is 258 g/mol. The second-order valence-corrected chi connectivity index (χ2v) is 4.12. The quantitative estimate of drug-likeness (QED) is 0.821. The van der Waals surface area contributed by atoms with Crippen LogP contribution in [-0.2, 0) is 4.74 Å². The van der Waals surface area contributed by atoms with Crippen LogP contribution in [0.1, 0.15) is 21.7 Å². The van der Waals surface area contributed by atoms with E-state index < -0.39 is 5.97 Å². The van der Waals surface area contributed by atoms with E-state index in [0.29, 0.717) is 5.82 Å². The average Bonchev–Trinajstić information content (AvgIpc) is 2.36. The lowest BCUT2D eigenvalue weighted by Gasteiger charge is -2.06. The minimum atomic E-state index is -0.550. The number of methoxy groups -OCH3 is 1. The number of ether oxygens (including phenoxy) is 1. The van der Waals surface area contributed by atoms with E-state index >= 15 is 0 Å². The second-order valence-electron chi connectivity index (χ2n) is 4.12. The van der Waals surface area contributed by atoms with Crippen LogP contribution >= 0.6 is 0 Å². The van der Waals surface area contributed by atoms with Crippen LogP contribution in [0.4, 0.5) is 5.82 Å². The molecule has 6 nitrogen and oxygen atoms in total. The molecular formula is C13H14N4O2. The first-order valence-electron chi connectivity index (χ1n) is 5.67. The van der Waals surface area contributed by atoms with Gasteiger partial charge in [0.05, 0.1) is 7.11 Å². The van der Waals surface area contributed by atoms with Crippen LogP contribution < -0.4 is 5.73 Å². The number of carbonyl (C=O) groups is 1. The highest BCUT2D eigenvalue weighted by Crippen LogP contribution is 2.19. The SMILES string of the molecule is COC(=O)c1cnc(-c2cc(C)nc(C)c2)nc1N. The van der Waals surface area contributed by atoms with Crippen molar-refractivity contribution in [2.45, 2.75) is 13.8 Å². The number of carbonyl (C=O) groups excluding carboxylic acids is 1. The zero-order valence-electron chi connectivity index (χ0n) is 11.0. The highest BCUT2D eigenvalue weighted by molar-refractivity contribution is 5.93. The molecule has 19 heavy (non-hydrogen) atoms. The van der Waals surface area contributed by atoms with Gasteiger partial charge in [-0.2, -0.15) is 0 Å². The number of nitrogens with zero attached hydrogens (tertiary/aromatic N) is 3. The number of aromatic nitrogens is 3. The van der Waals surface area contributed by atoms with Gasteiger partial charge in [0.1, 0.15) is 11.4 Å². The van der Waals surface area contributed by atoms with Gasteiger partial charge in [0.15, 0.2) is 5.82 Å². The topological polar surface area (TPSA) is 91.0 Å². The fourth-order valence-electron chi connectivity index (χ4n) is 1.76. The number of nitrogens with two attached hydrogens (primary N) is 1. The van der Waals surface area contributed by atoms with E-state index in [2.05, 4.69) is 19.7 Å².